The molecule has 0 aliphatic heterocycles. The molecule has 0 radical (unpaired) electrons. The van der Waals surface area contributed by atoms with Crippen molar-refractivity contribution in [2.24, 2.45) is 5.92 Å². The summed E-state index contributed by atoms with van der Waals surface area (Å²) in [6, 6.07) is 8.87. The van der Waals surface area contributed by atoms with Crippen molar-refractivity contribution in [1.82, 2.24) is 9.97 Å². The van der Waals surface area contributed by atoms with Gasteiger partial charge < -0.3 is 14.4 Å². The molecule has 2 aromatic rings. The number of hydrogen-bond donors (Lipinski definition) is 0. The Morgan fingerprint density at radius 3 is 2.44 bits per heavy atom. The van der Waals surface area contributed by atoms with Crippen LogP contribution in [0.4, 0.5) is 5.95 Å². The quantitative estimate of drug-likeness (QED) is 0.475. The lowest BCUT2D eigenvalue weighted by atomic mass is 10.0. The average molecular weight is 410 g/mol. The molecule has 27 heavy (non-hydrogen) atoms. The molecule has 0 saturated carbocycles. The summed E-state index contributed by atoms with van der Waals surface area (Å²) in [5, 5.41) is 1.01. The first-order valence-corrected chi connectivity index (χ1v) is 9.70. The van der Waals surface area contributed by atoms with Crippen LogP contribution < -0.4 is 9.64 Å². The van der Waals surface area contributed by atoms with Crippen molar-refractivity contribution in [3.63, 3.8) is 0 Å². The van der Waals surface area contributed by atoms with Crippen LogP contribution >= 0.6 is 23.4 Å². The minimum atomic E-state index is -0.479. The minimum absolute atomic E-state index is 0.309. The molecule has 1 aromatic heterocycles. The van der Waals surface area contributed by atoms with E-state index in [2.05, 4.69) is 9.97 Å². The number of nitrogens with zero attached hydrogens (tertiary/aromatic N) is 3. The monoisotopic (exact) mass is 409 g/mol. The zero-order valence-corrected chi connectivity index (χ0v) is 17.7. The van der Waals surface area contributed by atoms with Gasteiger partial charge in [0.1, 0.15) is 22.0 Å². The third-order valence-corrected chi connectivity index (χ3v) is 5.01. The van der Waals surface area contributed by atoms with Gasteiger partial charge in [-0.05, 0) is 36.6 Å². The van der Waals surface area contributed by atoms with E-state index in [1.165, 1.54) is 18.9 Å². The molecule has 0 N–H and O–H groups in total. The molecule has 1 aromatic carbocycles. The first-order chi connectivity index (χ1) is 12.8. The Morgan fingerprint density at radius 2 is 1.89 bits per heavy atom. The standard InChI is InChI=1S/C19H24ClN3O3S/c1-12(2)10-15(18(24)26-5)23(3)19-21-16(20)11-17(22-19)27-14-8-6-13(25-4)7-9-14/h6-9,11-12,15H,10H2,1-5H3/t15-/m0/s1. The maximum Gasteiger partial charge on any atom is 0.328 e. The summed E-state index contributed by atoms with van der Waals surface area (Å²) in [5.41, 5.74) is 0. The molecule has 0 saturated heterocycles. The van der Waals surface area contributed by atoms with Crippen molar-refractivity contribution in [3.8, 4) is 5.75 Å². The molecular weight excluding hydrogens is 386 g/mol. The van der Waals surface area contributed by atoms with E-state index in [1.807, 2.05) is 38.1 Å². The lowest BCUT2D eigenvalue weighted by Gasteiger charge is -2.27. The fraction of sp³-hybridized carbons (Fsp3) is 0.421. The molecule has 0 aliphatic carbocycles. The van der Waals surface area contributed by atoms with Crippen LogP contribution in [0.15, 0.2) is 40.3 Å². The topological polar surface area (TPSA) is 64.5 Å². The SMILES string of the molecule is COC(=O)[C@H](CC(C)C)N(C)c1nc(Cl)cc(Sc2ccc(OC)cc2)n1. The second-order valence-electron chi connectivity index (χ2n) is 6.39. The molecule has 0 bridgehead atoms. The van der Waals surface area contributed by atoms with E-state index in [0.29, 0.717) is 28.5 Å². The van der Waals surface area contributed by atoms with E-state index >= 15 is 0 Å². The van der Waals surface area contributed by atoms with Gasteiger partial charge in [0.05, 0.1) is 14.2 Å². The highest BCUT2D eigenvalue weighted by molar-refractivity contribution is 7.99. The summed E-state index contributed by atoms with van der Waals surface area (Å²) < 4.78 is 10.1. The fourth-order valence-corrected chi connectivity index (χ4v) is 3.55. The van der Waals surface area contributed by atoms with Crippen molar-refractivity contribution in [3.05, 3.63) is 35.5 Å². The van der Waals surface area contributed by atoms with Gasteiger partial charge in [0, 0.05) is 18.0 Å². The maximum absolute atomic E-state index is 12.2. The Bertz CT molecular complexity index is 771. The number of likely N-dealkylation sites (N-methyl/N-ethyl adjacent to an activating group) is 1. The van der Waals surface area contributed by atoms with E-state index in [1.54, 1.807) is 25.1 Å². The number of aromatic nitrogens is 2. The molecule has 0 unspecified atom stereocenters. The Hall–Kier alpha value is -1.99. The summed E-state index contributed by atoms with van der Waals surface area (Å²) in [6.45, 7) is 4.10. The smallest absolute Gasteiger partial charge is 0.328 e. The summed E-state index contributed by atoms with van der Waals surface area (Å²) in [4.78, 5) is 23.8. The highest BCUT2D eigenvalue weighted by Crippen LogP contribution is 2.30. The van der Waals surface area contributed by atoms with Crippen LogP contribution in [0.25, 0.3) is 0 Å². The Kier molecular flexibility index (Phi) is 7.74. The molecule has 146 valence electrons. The highest BCUT2D eigenvalue weighted by Gasteiger charge is 2.27. The van der Waals surface area contributed by atoms with Crippen molar-refractivity contribution in [2.45, 2.75) is 36.2 Å². The molecule has 0 fully saturated rings. The second kappa shape index (κ2) is 9.80. The Morgan fingerprint density at radius 1 is 1.22 bits per heavy atom. The highest BCUT2D eigenvalue weighted by atomic mass is 35.5. The van der Waals surface area contributed by atoms with Crippen LogP contribution in [0.2, 0.25) is 5.15 Å². The number of hydrogen-bond acceptors (Lipinski definition) is 7. The van der Waals surface area contributed by atoms with Crippen LogP contribution in [-0.2, 0) is 9.53 Å². The molecule has 1 atom stereocenters. The van der Waals surface area contributed by atoms with E-state index in [9.17, 15) is 4.79 Å². The lowest BCUT2D eigenvalue weighted by molar-refractivity contribution is -0.142. The molecule has 8 heteroatoms. The van der Waals surface area contributed by atoms with Crippen molar-refractivity contribution < 1.29 is 14.3 Å². The van der Waals surface area contributed by atoms with Gasteiger partial charge in [-0.3, -0.25) is 0 Å². The van der Waals surface area contributed by atoms with Crippen molar-refractivity contribution >= 4 is 35.3 Å². The normalized spacial score (nSPS) is 12.0. The van der Waals surface area contributed by atoms with Gasteiger partial charge in [-0.2, -0.15) is 0 Å². The number of methoxy groups -OCH3 is 2. The van der Waals surface area contributed by atoms with Gasteiger partial charge in [-0.25, -0.2) is 14.8 Å². The first-order valence-electron chi connectivity index (χ1n) is 8.51. The number of rotatable bonds is 8. The number of benzene rings is 1. The lowest BCUT2D eigenvalue weighted by Crippen LogP contribution is -2.41. The van der Waals surface area contributed by atoms with Gasteiger partial charge in [0.2, 0.25) is 5.95 Å². The van der Waals surface area contributed by atoms with Gasteiger partial charge in [-0.1, -0.05) is 37.2 Å². The van der Waals surface area contributed by atoms with Gasteiger partial charge in [0.15, 0.2) is 0 Å². The van der Waals surface area contributed by atoms with E-state index in [0.717, 1.165) is 10.6 Å². The van der Waals surface area contributed by atoms with Gasteiger partial charge >= 0.3 is 5.97 Å². The molecule has 0 aliphatic rings. The zero-order valence-electron chi connectivity index (χ0n) is 16.1. The van der Waals surface area contributed by atoms with E-state index in [4.69, 9.17) is 21.1 Å². The number of ether oxygens (including phenoxy) is 2. The first kappa shape index (κ1) is 21.3. The van der Waals surface area contributed by atoms with Crippen LogP contribution in [0.1, 0.15) is 20.3 Å². The average Bonchev–Trinajstić information content (AvgIpc) is 2.65. The Balaban J connectivity index is 2.27. The summed E-state index contributed by atoms with van der Waals surface area (Å²) in [7, 11) is 4.79. The molecule has 0 spiro atoms. The zero-order chi connectivity index (χ0) is 20.0. The summed E-state index contributed by atoms with van der Waals surface area (Å²) in [6.07, 6.45) is 0.625. The number of carbonyl (C=O) groups is 1. The summed E-state index contributed by atoms with van der Waals surface area (Å²) in [5.74, 6) is 1.16. The fourth-order valence-electron chi connectivity index (χ4n) is 2.49. The third kappa shape index (κ3) is 6.01. The van der Waals surface area contributed by atoms with E-state index in [-0.39, 0.29) is 5.97 Å². The molecule has 1 heterocycles. The Labute approximate surface area is 169 Å². The summed E-state index contributed by atoms with van der Waals surface area (Å²) >= 11 is 7.66. The number of halogens is 1. The molecule has 6 nitrogen and oxygen atoms in total. The maximum atomic E-state index is 12.2. The predicted octanol–water partition coefficient (Wildman–Crippen LogP) is 4.31. The number of carbonyl (C=O) groups excluding carboxylic acids is 1. The van der Waals surface area contributed by atoms with E-state index < -0.39 is 6.04 Å². The van der Waals surface area contributed by atoms with Crippen molar-refractivity contribution in [1.29, 1.82) is 0 Å². The molecular formula is C19H24ClN3O3S. The van der Waals surface area contributed by atoms with Crippen LogP contribution in [0.5, 0.6) is 5.75 Å². The van der Waals surface area contributed by atoms with Crippen molar-refractivity contribution in [2.75, 3.05) is 26.2 Å². The number of esters is 1. The largest absolute Gasteiger partial charge is 0.497 e. The van der Waals surface area contributed by atoms with Gasteiger partial charge in [-0.15, -0.1) is 0 Å². The predicted molar refractivity (Wildman–Crippen MR) is 108 cm³/mol. The second-order valence-corrected chi connectivity index (χ2v) is 7.87. The van der Waals surface area contributed by atoms with Crippen LogP contribution in [0.3, 0.4) is 0 Å². The van der Waals surface area contributed by atoms with Gasteiger partial charge in [0.25, 0.3) is 0 Å². The molecule has 0 amide bonds. The third-order valence-electron chi connectivity index (χ3n) is 3.89. The molecule has 2 rings (SSSR count). The van der Waals surface area contributed by atoms with Crippen LogP contribution in [-0.4, -0.2) is 43.2 Å². The number of anilines is 1. The minimum Gasteiger partial charge on any atom is -0.497 e. The van der Waals surface area contributed by atoms with Crippen LogP contribution in [0, 0.1) is 5.92 Å².